The third-order valence-electron chi connectivity index (χ3n) is 2.36. The van der Waals surface area contributed by atoms with Crippen LogP contribution in [-0.4, -0.2) is 6.54 Å². The molecule has 1 heteroatoms. The summed E-state index contributed by atoms with van der Waals surface area (Å²) in [4.78, 5) is 0. The highest BCUT2D eigenvalue weighted by Crippen LogP contribution is 2.25. The fraction of sp³-hybridized carbons (Fsp3) is 0.556. The number of nitrogens with one attached hydrogen (secondary N) is 1. The molecular formula is C9H13N. The predicted octanol–water partition coefficient (Wildman–Crippen LogP) is 1.83. The lowest BCUT2D eigenvalue weighted by atomic mass is 10.0. The van der Waals surface area contributed by atoms with Crippen molar-refractivity contribution in [3.63, 3.8) is 0 Å². The highest BCUT2D eigenvalue weighted by molar-refractivity contribution is 5.19. The Balaban J connectivity index is 2.18. The van der Waals surface area contributed by atoms with Gasteiger partial charge in [-0.3, -0.25) is 0 Å². The second kappa shape index (κ2) is 2.49. The Morgan fingerprint density at radius 3 is 3.40 bits per heavy atom. The van der Waals surface area contributed by atoms with Crippen LogP contribution in [0.2, 0.25) is 0 Å². The van der Waals surface area contributed by atoms with Gasteiger partial charge in [0.25, 0.3) is 0 Å². The molecule has 2 rings (SSSR count). The van der Waals surface area contributed by atoms with Crippen molar-refractivity contribution in [2.24, 2.45) is 5.92 Å². The molecule has 0 saturated carbocycles. The maximum Gasteiger partial charge on any atom is 0.0150 e. The van der Waals surface area contributed by atoms with Gasteiger partial charge in [-0.1, -0.05) is 12.2 Å². The zero-order valence-corrected chi connectivity index (χ0v) is 6.14. The number of allylic oxidation sites excluding steroid dienone is 4. The van der Waals surface area contributed by atoms with Crippen LogP contribution in [0.4, 0.5) is 0 Å². The third-order valence-corrected chi connectivity index (χ3v) is 2.36. The topological polar surface area (TPSA) is 12.0 Å². The quantitative estimate of drug-likeness (QED) is 0.534. The fourth-order valence-corrected chi connectivity index (χ4v) is 1.75. The Bertz CT molecular complexity index is 179. The lowest BCUT2D eigenvalue weighted by Crippen LogP contribution is -2.05. The Hall–Kier alpha value is -0.720. The van der Waals surface area contributed by atoms with E-state index in [4.69, 9.17) is 0 Å². The SMILES string of the molecule is C1=CCCC2CCNC2=C1. The molecule has 2 aliphatic rings. The normalized spacial score (nSPS) is 30.4. The summed E-state index contributed by atoms with van der Waals surface area (Å²) in [7, 11) is 0. The maximum atomic E-state index is 3.41. The third kappa shape index (κ3) is 0.962. The van der Waals surface area contributed by atoms with Crippen LogP contribution in [0.1, 0.15) is 19.3 Å². The average molecular weight is 135 g/mol. The van der Waals surface area contributed by atoms with Gasteiger partial charge in [0.05, 0.1) is 0 Å². The minimum Gasteiger partial charge on any atom is -0.388 e. The van der Waals surface area contributed by atoms with Gasteiger partial charge in [-0.2, -0.15) is 0 Å². The molecule has 0 aromatic rings. The van der Waals surface area contributed by atoms with Gasteiger partial charge in [-0.05, 0) is 25.3 Å². The first-order chi connectivity index (χ1) is 4.97. The highest BCUT2D eigenvalue weighted by Gasteiger charge is 2.19. The zero-order chi connectivity index (χ0) is 6.81. The molecule has 1 saturated heterocycles. The van der Waals surface area contributed by atoms with E-state index in [0.717, 1.165) is 5.92 Å². The molecule has 0 amide bonds. The van der Waals surface area contributed by atoms with Crippen LogP contribution in [0.25, 0.3) is 0 Å². The minimum absolute atomic E-state index is 0.843. The van der Waals surface area contributed by atoms with Crippen molar-refractivity contribution in [3.05, 3.63) is 23.9 Å². The molecule has 1 atom stereocenters. The number of fused-ring (bicyclic) bond motifs is 1. The molecule has 54 valence electrons. The number of hydrogen-bond donors (Lipinski definition) is 1. The van der Waals surface area contributed by atoms with E-state index in [2.05, 4.69) is 23.5 Å². The van der Waals surface area contributed by atoms with E-state index in [0.29, 0.717) is 0 Å². The van der Waals surface area contributed by atoms with Gasteiger partial charge in [0.2, 0.25) is 0 Å². The van der Waals surface area contributed by atoms with Crippen LogP contribution in [0, 0.1) is 5.92 Å². The lowest BCUT2D eigenvalue weighted by Gasteiger charge is -2.06. The van der Waals surface area contributed by atoms with Crippen molar-refractivity contribution in [1.82, 2.24) is 5.32 Å². The largest absolute Gasteiger partial charge is 0.388 e. The second-order valence-electron chi connectivity index (χ2n) is 3.04. The number of hydrogen-bond acceptors (Lipinski definition) is 1. The van der Waals surface area contributed by atoms with E-state index >= 15 is 0 Å². The fourth-order valence-electron chi connectivity index (χ4n) is 1.75. The summed E-state index contributed by atoms with van der Waals surface area (Å²) in [6, 6.07) is 0. The summed E-state index contributed by atoms with van der Waals surface area (Å²) in [6.45, 7) is 1.18. The van der Waals surface area contributed by atoms with Gasteiger partial charge in [0, 0.05) is 18.2 Å². The van der Waals surface area contributed by atoms with Crippen molar-refractivity contribution in [2.45, 2.75) is 19.3 Å². The van der Waals surface area contributed by atoms with Crippen molar-refractivity contribution >= 4 is 0 Å². The lowest BCUT2D eigenvalue weighted by molar-refractivity contribution is 0.592. The number of rotatable bonds is 0. The van der Waals surface area contributed by atoms with Crippen molar-refractivity contribution in [2.75, 3.05) is 6.54 Å². The highest BCUT2D eigenvalue weighted by atomic mass is 14.9. The van der Waals surface area contributed by atoms with Crippen LogP contribution < -0.4 is 5.32 Å². The smallest absolute Gasteiger partial charge is 0.0150 e. The summed E-state index contributed by atoms with van der Waals surface area (Å²) >= 11 is 0. The molecule has 1 fully saturated rings. The first kappa shape index (κ1) is 6.02. The first-order valence-corrected chi connectivity index (χ1v) is 4.07. The van der Waals surface area contributed by atoms with E-state index in [-0.39, 0.29) is 0 Å². The molecule has 1 aliphatic heterocycles. The molecule has 1 nitrogen and oxygen atoms in total. The van der Waals surface area contributed by atoms with E-state index in [1.807, 2.05) is 0 Å². The van der Waals surface area contributed by atoms with Gasteiger partial charge in [0.1, 0.15) is 0 Å². The molecule has 10 heavy (non-hydrogen) atoms. The van der Waals surface area contributed by atoms with Crippen LogP contribution in [-0.2, 0) is 0 Å². The van der Waals surface area contributed by atoms with Crippen molar-refractivity contribution in [1.29, 1.82) is 0 Å². The van der Waals surface area contributed by atoms with Gasteiger partial charge in [-0.15, -0.1) is 0 Å². The molecule has 0 bridgehead atoms. The summed E-state index contributed by atoms with van der Waals surface area (Å²) in [6.07, 6.45) is 10.6. The minimum atomic E-state index is 0.843. The summed E-state index contributed by atoms with van der Waals surface area (Å²) in [5.41, 5.74) is 1.47. The Morgan fingerprint density at radius 1 is 1.40 bits per heavy atom. The van der Waals surface area contributed by atoms with Gasteiger partial charge < -0.3 is 5.32 Å². The van der Waals surface area contributed by atoms with Gasteiger partial charge in [-0.25, -0.2) is 0 Å². The Morgan fingerprint density at radius 2 is 2.40 bits per heavy atom. The molecule has 0 radical (unpaired) electrons. The average Bonchev–Trinajstić information content (AvgIpc) is 2.28. The predicted molar refractivity (Wildman–Crippen MR) is 42.6 cm³/mol. The maximum absolute atomic E-state index is 3.41. The van der Waals surface area contributed by atoms with E-state index in [1.54, 1.807) is 0 Å². The van der Waals surface area contributed by atoms with Gasteiger partial charge in [0.15, 0.2) is 0 Å². The molecular weight excluding hydrogens is 122 g/mol. The second-order valence-corrected chi connectivity index (χ2v) is 3.04. The summed E-state index contributed by atoms with van der Waals surface area (Å²) in [5, 5.41) is 3.41. The van der Waals surface area contributed by atoms with Crippen molar-refractivity contribution in [3.8, 4) is 0 Å². The van der Waals surface area contributed by atoms with Crippen LogP contribution in [0.5, 0.6) is 0 Å². The van der Waals surface area contributed by atoms with E-state index < -0.39 is 0 Å². The van der Waals surface area contributed by atoms with E-state index in [1.165, 1.54) is 31.5 Å². The van der Waals surface area contributed by atoms with Crippen LogP contribution in [0.3, 0.4) is 0 Å². The van der Waals surface area contributed by atoms with Crippen molar-refractivity contribution < 1.29 is 0 Å². The Kier molecular flexibility index (Phi) is 1.50. The zero-order valence-electron chi connectivity index (χ0n) is 6.14. The van der Waals surface area contributed by atoms with Crippen LogP contribution in [0.15, 0.2) is 23.9 Å². The summed E-state index contributed by atoms with van der Waals surface area (Å²) in [5.74, 6) is 0.843. The molecule has 1 aliphatic carbocycles. The molecule has 0 aromatic carbocycles. The molecule has 1 unspecified atom stereocenters. The molecule has 0 aromatic heterocycles. The van der Waals surface area contributed by atoms with Crippen LogP contribution >= 0.6 is 0 Å². The van der Waals surface area contributed by atoms with Gasteiger partial charge >= 0.3 is 0 Å². The summed E-state index contributed by atoms with van der Waals surface area (Å²) < 4.78 is 0. The first-order valence-electron chi connectivity index (χ1n) is 4.07. The Labute approximate surface area is 61.8 Å². The monoisotopic (exact) mass is 135 g/mol. The molecule has 1 heterocycles. The molecule has 1 N–H and O–H groups in total. The molecule has 0 spiro atoms. The standard InChI is InChI=1S/C9H13N/c1-2-4-8-6-7-10-9(8)5-3-1/h1,3,5,8,10H,2,4,6-7H2. The van der Waals surface area contributed by atoms with E-state index in [9.17, 15) is 0 Å².